The van der Waals surface area contributed by atoms with Crippen LogP contribution in [0.1, 0.15) is 13.3 Å². The SMILES string of the molecule is COc1cc(-n2cnc3cc(-c4ccc(Cl)cc4)sc3c2=O)ccc1O[C@]1(C)CCN(C)C1. The highest BCUT2D eigenvalue weighted by atomic mass is 35.5. The number of thiophene rings is 1. The molecule has 2 aromatic carbocycles. The van der Waals surface area contributed by atoms with Gasteiger partial charge in [0.25, 0.3) is 5.56 Å². The Bertz CT molecular complexity index is 1380. The largest absolute Gasteiger partial charge is 0.493 e. The molecule has 1 aliphatic rings. The fraction of sp³-hybridized carbons (Fsp3) is 0.280. The molecule has 33 heavy (non-hydrogen) atoms. The molecule has 1 fully saturated rings. The lowest BCUT2D eigenvalue weighted by molar-refractivity contribution is 0.0957. The highest BCUT2D eigenvalue weighted by Gasteiger charge is 2.34. The molecule has 170 valence electrons. The summed E-state index contributed by atoms with van der Waals surface area (Å²) in [6, 6.07) is 15.0. The second-order valence-electron chi connectivity index (χ2n) is 8.63. The number of hydrogen-bond donors (Lipinski definition) is 0. The maximum atomic E-state index is 13.3. The molecule has 3 heterocycles. The minimum Gasteiger partial charge on any atom is -0.493 e. The van der Waals surface area contributed by atoms with Gasteiger partial charge in [-0.25, -0.2) is 4.98 Å². The molecule has 0 saturated carbocycles. The molecule has 0 aliphatic carbocycles. The molecule has 5 rings (SSSR count). The average molecular weight is 482 g/mol. The van der Waals surface area contributed by atoms with Crippen LogP contribution in [0.3, 0.4) is 0 Å². The van der Waals surface area contributed by atoms with Crippen LogP contribution in [0.5, 0.6) is 11.5 Å². The van der Waals surface area contributed by atoms with Crippen molar-refractivity contribution in [2.75, 3.05) is 27.2 Å². The van der Waals surface area contributed by atoms with Crippen molar-refractivity contribution in [3.8, 4) is 27.6 Å². The van der Waals surface area contributed by atoms with Gasteiger partial charge in [0.1, 0.15) is 16.6 Å². The van der Waals surface area contributed by atoms with E-state index < -0.39 is 0 Å². The fourth-order valence-electron chi connectivity index (χ4n) is 4.25. The third-order valence-electron chi connectivity index (χ3n) is 5.98. The molecule has 0 N–H and O–H groups in total. The van der Waals surface area contributed by atoms with Crippen LogP contribution in [-0.2, 0) is 0 Å². The minimum atomic E-state index is -0.268. The zero-order valence-electron chi connectivity index (χ0n) is 18.7. The number of hydrogen-bond acceptors (Lipinski definition) is 6. The van der Waals surface area contributed by atoms with Crippen LogP contribution in [0.25, 0.3) is 26.3 Å². The molecule has 1 aliphatic heterocycles. The molecule has 0 unspecified atom stereocenters. The summed E-state index contributed by atoms with van der Waals surface area (Å²) in [6.45, 7) is 3.96. The highest BCUT2D eigenvalue weighted by molar-refractivity contribution is 7.22. The van der Waals surface area contributed by atoms with E-state index in [1.54, 1.807) is 18.0 Å². The molecule has 8 heteroatoms. The first-order valence-corrected chi connectivity index (χ1v) is 11.9. The summed E-state index contributed by atoms with van der Waals surface area (Å²) >= 11 is 7.43. The summed E-state index contributed by atoms with van der Waals surface area (Å²) in [6.07, 6.45) is 2.51. The van der Waals surface area contributed by atoms with Crippen molar-refractivity contribution in [2.24, 2.45) is 0 Å². The van der Waals surface area contributed by atoms with Crippen molar-refractivity contribution in [2.45, 2.75) is 18.9 Å². The van der Waals surface area contributed by atoms with Crippen LogP contribution in [0.4, 0.5) is 0 Å². The van der Waals surface area contributed by atoms with E-state index in [1.165, 1.54) is 11.3 Å². The summed E-state index contributed by atoms with van der Waals surface area (Å²) in [7, 11) is 3.70. The Kier molecular flexibility index (Phi) is 5.64. The average Bonchev–Trinajstić information content (AvgIpc) is 3.38. The van der Waals surface area contributed by atoms with Crippen molar-refractivity contribution >= 4 is 33.2 Å². The summed E-state index contributed by atoms with van der Waals surface area (Å²) in [5, 5.41) is 0.677. The number of likely N-dealkylation sites (N-methyl/N-ethyl adjacent to an activating group) is 1. The summed E-state index contributed by atoms with van der Waals surface area (Å²) in [4.78, 5) is 21.1. The van der Waals surface area contributed by atoms with Gasteiger partial charge in [0.15, 0.2) is 11.5 Å². The second-order valence-corrected chi connectivity index (χ2v) is 10.1. The number of halogens is 1. The molecule has 0 bridgehead atoms. The van der Waals surface area contributed by atoms with E-state index in [1.807, 2.05) is 48.5 Å². The molecule has 4 aromatic rings. The van der Waals surface area contributed by atoms with Crippen LogP contribution >= 0.6 is 22.9 Å². The van der Waals surface area contributed by atoms with Gasteiger partial charge in [-0.1, -0.05) is 23.7 Å². The van der Waals surface area contributed by atoms with Gasteiger partial charge in [-0.05, 0) is 49.9 Å². The Hall–Kier alpha value is -2.87. The number of aromatic nitrogens is 2. The van der Waals surface area contributed by atoms with Gasteiger partial charge in [-0.3, -0.25) is 9.36 Å². The van der Waals surface area contributed by atoms with Crippen molar-refractivity contribution < 1.29 is 9.47 Å². The van der Waals surface area contributed by atoms with E-state index in [0.717, 1.165) is 30.0 Å². The monoisotopic (exact) mass is 481 g/mol. The lowest BCUT2D eigenvalue weighted by Crippen LogP contribution is -2.35. The number of rotatable bonds is 5. The maximum Gasteiger partial charge on any atom is 0.275 e. The Morgan fingerprint density at radius 2 is 1.91 bits per heavy atom. The second kappa shape index (κ2) is 8.48. The first-order valence-electron chi connectivity index (χ1n) is 10.7. The van der Waals surface area contributed by atoms with Crippen LogP contribution in [0, 0.1) is 0 Å². The van der Waals surface area contributed by atoms with E-state index in [2.05, 4.69) is 23.9 Å². The predicted octanol–water partition coefficient (Wildman–Crippen LogP) is 5.25. The Labute approximate surface area is 201 Å². The van der Waals surface area contributed by atoms with E-state index >= 15 is 0 Å². The Balaban J connectivity index is 1.50. The Morgan fingerprint density at radius 1 is 1.12 bits per heavy atom. The topological polar surface area (TPSA) is 56.6 Å². The number of fused-ring (bicyclic) bond motifs is 1. The van der Waals surface area contributed by atoms with Gasteiger partial charge in [0.2, 0.25) is 0 Å². The third kappa shape index (κ3) is 4.24. The van der Waals surface area contributed by atoms with Crippen molar-refractivity contribution in [1.29, 1.82) is 0 Å². The fourth-order valence-corrected chi connectivity index (χ4v) is 5.42. The van der Waals surface area contributed by atoms with E-state index in [0.29, 0.717) is 32.4 Å². The normalized spacial score (nSPS) is 18.7. The standard InChI is InChI=1S/C25H24ClN3O3S/c1-25(10-11-28(2)14-25)32-20-9-8-18(12-21(20)31-3)29-15-27-19-13-22(33-23(19)24(29)30)16-4-6-17(26)7-5-16/h4-9,12-13,15H,10-11,14H2,1-3H3/t25-/m1/s1. The smallest absolute Gasteiger partial charge is 0.275 e. The van der Waals surface area contributed by atoms with Crippen LogP contribution < -0.4 is 15.0 Å². The van der Waals surface area contributed by atoms with Crippen LogP contribution in [0.2, 0.25) is 5.02 Å². The quantitative estimate of drug-likeness (QED) is 0.389. The number of benzene rings is 2. The van der Waals surface area contributed by atoms with Gasteiger partial charge in [-0.15, -0.1) is 11.3 Å². The molecule has 0 spiro atoms. The van der Waals surface area contributed by atoms with Crippen molar-refractivity contribution in [1.82, 2.24) is 14.5 Å². The van der Waals surface area contributed by atoms with Gasteiger partial charge in [-0.2, -0.15) is 0 Å². The lowest BCUT2D eigenvalue weighted by atomic mass is 10.1. The summed E-state index contributed by atoms with van der Waals surface area (Å²) in [5.74, 6) is 1.26. The van der Waals surface area contributed by atoms with Crippen molar-refractivity contribution in [3.05, 3.63) is 70.2 Å². The maximum absolute atomic E-state index is 13.3. The van der Waals surface area contributed by atoms with E-state index in [-0.39, 0.29) is 11.2 Å². The molecule has 1 atom stereocenters. The minimum absolute atomic E-state index is 0.120. The molecular weight excluding hydrogens is 458 g/mol. The molecule has 0 radical (unpaired) electrons. The van der Waals surface area contributed by atoms with E-state index in [9.17, 15) is 4.79 Å². The highest BCUT2D eigenvalue weighted by Crippen LogP contribution is 2.35. The van der Waals surface area contributed by atoms with Gasteiger partial charge >= 0.3 is 0 Å². The number of nitrogens with zero attached hydrogens (tertiary/aromatic N) is 3. The van der Waals surface area contributed by atoms with Crippen molar-refractivity contribution in [3.63, 3.8) is 0 Å². The first-order chi connectivity index (χ1) is 15.8. The number of ether oxygens (including phenoxy) is 2. The van der Waals surface area contributed by atoms with E-state index in [4.69, 9.17) is 21.1 Å². The lowest BCUT2D eigenvalue weighted by Gasteiger charge is -2.27. The van der Waals surface area contributed by atoms with Gasteiger partial charge in [0, 0.05) is 35.5 Å². The van der Waals surface area contributed by atoms with Crippen LogP contribution in [-0.4, -0.2) is 47.3 Å². The van der Waals surface area contributed by atoms with Gasteiger partial charge < -0.3 is 14.4 Å². The predicted molar refractivity (Wildman–Crippen MR) is 133 cm³/mol. The molecule has 0 amide bonds. The first kappa shape index (κ1) is 21.9. The number of methoxy groups -OCH3 is 1. The third-order valence-corrected chi connectivity index (χ3v) is 7.39. The number of likely N-dealkylation sites (tertiary alicyclic amines) is 1. The summed E-state index contributed by atoms with van der Waals surface area (Å²) in [5.41, 5.74) is 1.97. The Morgan fingerprint density at radius 3 is 2.61 bits per heavy atom. The van der Waals surface area contributed by atoms with Crippen LogP contribution in [0.15, 0.2) is 59.7 Å². The zero-order chi connectivity index (χ0) is 23.2. The van der Waals surface area contributed by atoms with Gasteiger partial charge in [0.05, 0.1) is 18.3 Å². The molecule has 1 saturated heterocycles. The molecular formula is C25H24ClN3O3S. The summed E-state index contributed by atoms with van der Waals surface area (Å²) < 4.78 is 14.1. The molecule has 6 nitrogen and oxygen atoms in total. The zero-order valence-corrected chi connectivity index (χ0v) is 20.2. The molecule has 2 aromatic heterocycles.